The van der Waals surface area contributed by atoms with Gasteiger partial charge in [0.25, 0.3) is 0 Å². The van der Waals surface area contributed by atoms with Crippen molar-refractivity contribution < 1.29 is 4.79 Å². The van der Waals surface area contributed by atoms with Crippen molar-refractivity contribution in [1.29, 1.82) is 0 Å². The molecule has 2 unspecified atom stereocenters. The number of rotatable bonds is 4. The van der Waals surface area contributed by atoms with Crippen molar-refractivity contribution in [2.75, 3.05) is 0 Å². The van der Waals surface area contributed by atoms with E-state index in [2.05, 4.69) is 28.0 Å². The number of hydrogen-bond acceptors (Lipinski definition) is 3. The lowest BCUT2D eigenvalue weighted by Crippen LogP contribution is -2.42. The van der Waals surface area contributed by atoms with E-state index in [-0.39, 0.29) is 17.2 Å². The fourth-order valence-electron chi connectivity index (χ4n) is 2.91. The third kappa shape index (κ3) is 2.50. The van der Waals surface area contributed by atoms with Crippen LogP contribution >= 0.6 is 15.9 Å². The van der Waals surface area contributed by atoms with E-state index in [4.69, 9.17) is 5.73 Å². The fraction of sp³-hybridized carbons (Fsp3) is 0.714. The molecule has 4 nitrogen and oxygen atoms in total. The molecule has 0 saturated heterocycles. The van der Waals surface area contributed by atoms with Gasteiger partial charge < -0.3 is 5.73 Å². The molecule has 0 bridgehead atoms. The number of ketones is 1. The first-order valence-corrected chi connectivity index (χ1v) is 7.68. The highest BCUT2D eigenvalue weighted by molar-refractivity contribution is 9.10. The zero-order chi connectivity index (χ0) is 14.2. The van der Waals surface area contributed by atoms with Crippen LogP contribution in [0.5, 0.6) is 0 Å². The minimum atomic E-state index is -0.365. The van der Waals surface area contributed by atoms with Crippen LogP contribution in [0, 0.1) is 5.41 Å². The molecular formula is C14H22BrN3O. The molecule has 1 aliphatic rings. The first kappa shape index (κ1) is 14.7. The highest BCUT2D eigenvalue weighted by Crippen LogP contribution is 2.38. The van der Waals surface area contributed by atoms with Gasteiger partial charge in [-0.1, -0.05) is 20.3 Å². The molecule has 1 heterocycles. The SMILES string of the molecule is CCc1nn(C)c(CC(=O)C2(C)CCCC2N)c1Br. The second kappa shape index (κ2) is 5.37. The van der Waals surface area contributed by atoms with Crippen molar-refractivity contribution in [2.45, 2.75) is 52.0 Å². The minimum absolute atomic E-state index is 0.00218. The number of carbonyl (C=O) groups excluding carboxylic acids is 1. The summed E-state index contributed by atoms with van der Waals surface area (Å²) in [5.74, 6) is 0.240. The van der Waals surface area contributed by atoms with Crippen LogP contribution in [0.25, 0.3) is 0 Å². The maximum atomic E-state index is 12.6. The van der Waals surface area contributed by atoms with Crippen molar-refractivity contribution in [3.05, 3.63) is 15.9 Å². The summed E-state index contributed by atoms with van der Waals surface area (Å²) in [6.07, 6.45) is 4.18. The van der Waals surface area contributed by atoms with E-state index >= 15 is 0 Å². The summed E-state index contributed by atoms with van der Waals surface area (Å²) in [6.45, 7) is 4.07. The average molecular weight is 328 g/mol. The highest BCUT2D eigenvalue weighted by atomic mass is 79.9. The van der Waals surface area contributed by atoms with Crippen molar-refractivity contribution in [3.8, 4) is 0 Å². The summed E-state index contributed by atoms with van der Waals surface area (Å²) in [5.41, 5.74) is 7.72. The van der Waals surface area contributed by atoms with Crippen LogP contribution in [0.1, 0.15) is 44.5 Å². The molecule has 19 heavy (non-hydrogen) atoms. The van der Waals surface area contributed by atoms with Crippen LogP contribution in [-0.2, 0) is 24.7 Å². The molecule has 2 N–H and O–H groups in total. The molecule has 2 rings (SSSR count). The average Bonchev–Trinajstić information content (AvgIpc) is 2.85. The summed E-state index contributed by atoms with van der Waals surface area (Å²) in [4.78, 5) is 12.6. The first-order chi connectivity index (χ1) is 8.90. The predicted octanol–water partition coefficient (Wildman–Crippen LogP) is 2.37. The second-order valence-electron chi connectivity index (χ2n) is 5.70. The first-order valence-electron chi connectivity index (χ1n) is 6.89. The van der Waals surface area contributed by atoms with Gasteiger partial charge in [0.2, 0.25) is 0 Å². The summed E-state index contributed by atoms with van der Waals surface area (Å²) in [5, 5.41) is 4.44. The van der Waals surface area contributed by atoms with Gasteiger partial charge in [-0.2, -0.15) is 5.10 Å². The number of nitrogens with two attached hydrogens (primary N) is 1. The zero-order valence-electron chi connectivity index (χ0n) is 11.9. The fourth-order valence-corrected chi connectivity index (χ4v) is 3.66. The Balaban J connectivity index is 2.22. The predicted molar refractivity (Wildman–Crippen MR) is 78.9 cm³/mol. The summed E-state index contributed by atoms with van der Waals surface area (Å²) >= 11 is 3.57. The number of nitrogens with zero attached hydrogens (tertiary/aromatic N) is 2. The van der Waals surface area contributed by atoms with E-state index < -0.39 is 0 Å². The number of hydrogen-bond donors (Lipinski definition) is 1. The lowest BCUT2D eigenvalue weighted by atomic mass is 9.79. The van der Waals surface area contributed by atoms with Gasteiger partial charge in [0.15, 0.2) is 0 Å². The Morgan fingerprint density at radius 2 is 2.32 bits per heavy atom. The van der Waals surface area contributed by atoms with E-state index in [1.807, 2.05) is 18.7 Å². The third-order valence-electron chi connectivity index (χ3n) is 4.50. The number of Topliss-reactive ketones (excluding diaryl/α,β-unsaturated/α-hetero) is 1. The Morgan fingerprint density at radius 1 is 1.63 bits per heavy atom. The summed E-state index contributed by atoms with van der Waals surface area (Å²) < 4.78 is 2.78. The molecule has 2 atom stereocenters. The van der Waals surface area contributed by atoms with Gasteiger partial charge in [-0.25, -0.2) is 0 Å². The molecule has 0 aliphatic heterocycles. The largest absolute Gasteiger partial charge is 0.327 e. The van der Waals surface area contributed by atoms with Gasteiger partial charge in [0.1, 0.15) is 5.78 Å². The Bertz CT molecular complexity index is 497. The quantitative estimate of drug-likeness (QED) is 0.923. The monoisotopic (exact) mass is 327 g/mol. The summed E-state index contributed by atoms with van der Waals surface area (Å²) in [6, 6.07) is -0.00218. The maximum Gasteiger partial charge on any atom is 0.146 e. The van der Waals surface area contributed by atoms with Gasteiger partial charge in [-0.3, -0.25) is 9.48 Å². The Labute approximate surface area is 122 Å². The molecule has 1 aromatic rings. The lowest BCUT2D eigenvalue weighted by Gasteiger charge is -2.27. The van der Waals surface area contributed by atoms with Crippen molar-refractivity contribution in [3.63, 3.8) is 0 Å². The smallest absolute Gasteiger partial charge is 0.146 e. The van der Waals surface area contributed by atoms with Gasteiger partial charge >= 0.3 is 0 Å². The van der Waals surface area contributed by atoms with Gasteiger partial charge in [-0.15, -0.1) is 0 Å². The number of aryl methyl sites for hydroxylation is 2. The molecular weight excluding hydrogens is 306 g/mol. The third-order valence-corrected chi connectivity index (χ3v) is 5.41. The Kier molecular flexibility index (Phi) is 4.16. The van der Waals surface area contributed by atoms with Gasteiger partial charge in [0.05, 0.1) is 22.3 Å². The van der Waals surface area contributed by atoms with E-state index in [0.29, 0.717) is 6.42 Å². The lowest BCUT2D eigenvalue weighted by molar-refractivity contribution is -0.127. The van der Waals surface area contributed by atoms with Crippen LogP contribution in [0.4, 0.5) is 0 Å². The van der Waals surface area contributed by atoms with E-state index in [1.165, 1.54) is 0 Å². The van der Waals surface area contributed by atoms with Crippen LogP contribution < -0.4 is 5.73 Å². The van der Waals surface area contributed by atoms with Gasteiger partial charge in [-0.05, 0) is 35.2 Å². The number of carbonyl (C=O) groups is 1. The van der Waals surface area contributed by atoms with E-state index in [1.54, 1.807) is 0 Å². The van der Waals surface area contributed by atoms with Crippen LogP contribution in [0.3, 0.4) is 0 Å². The molecule has 0 aromatic carbocycles. The summed E-state index contributed by atoms with van der Waals surface area (Å²) in [7, 11) is 1.89. The minimum Gasteiger partial charge on any atom is -0.327 e. The molecule has 5 heteroatoms. The topological polar surface area (TPSA) is 60.9 Å². The van der Waals surface area contributed by atoms with Crippen molar-refractivity contribution >= 4 is 21.7 Å². The van der Waals surface area contributed by atoms with Gasteiger partial charge in [0, 0.05) is 18.5 Å². The van der Waals surface area contributed by atoms with Crippen LogP contribution in [-0.4, -0.2) is 21.6 Å². The molecule has 106 valence electrons. The molecule has 1 aliphatic carbocycles. The van der Waals surface area contributed by atoms with Crippen molar-refractivity contribution in [1.82, 2.24) is 9.78 Å². The van der Waals surface area contributed by atoms with E-state index in [9.17, 15) is 4.79 Å². The molecule has 0 amide bonds. The highest BCUT2D eigenvalue weighted by Gasteiger charge is 2.42. The standard InChI is InChI=1S/C14H22BrN3O/c1-4-9-13(15)10(18(3)17-9)8-12(19)14(2)7-5-6-11(14)16/h11H,4-8,16H2,1-3H3. The van der Waals surface area contributed by atoms with Crippen LogP contribution in [0.2, 0.25) is 0 Å². The molecule has 0 radical (unpaired) electrons. The second-order valence-corrected chi connectivity index (χ2v) is 6.49. The van der Waals surface area contributed by atoms with Crippen molar-refractivity contribution in [2.24, 2.45) is 18.2 Å². The Hall–Kier alpha value is -0.680. The van der Waals surface area contributed by atoms with E-state index in [0.717, 1.165) is 41.5 Å². The molecule has 1 aromatic heterocycles. The number of aromatic nitrogens is 2. The zero-order valence-corrected chi connectivity index (χ0v) is 13.5. The Morgan fingerprint density at radius 3 is 2.79 bits per heavy atom. The number of halogens is 1. The normalized spacial score (nSPS) is 26.9. The maximum absolute atomic E-state index is 12.6. The molecule has 0 spiro atoms. The molecule has 1 saturated carbocycles. The molecule has 1 fully saturated rings. The van der Waals surface area contributed by atoms with Crippen LogP contribution in [0.15, 0.2) is 4.47 Å².